The van der Waals surface area contributed by atoms with Crippen molar-refractivity contribution >= 4 is 35.0 Å². The minimum absolute atomic E-state index is 0.00185. The van der Waals surface area contributed by atoms with Crippen molar-refractivity contribution in [2.45, 2.75) is 59.7 Å². The Hall–Kier alpha value is -2.24. The molecule has 0 fully saturated rings. The number of halogens is 2. The molecule has 0 aliphatic rings. The van der Waals surface area contributed by atoms with Gasteiger partial charge in [0.15, 0.2) is 6.61 Å². The molecule has 2 rings (SSSR count). The lowest BCUT2D eigenvalue weighted by atomic mass is 10.1. The van der Waals surface area contributed by atoms with Gasteiger partial charge in [0.1, 0.15) is 11.8 Å². The Morgan fingerprint density at radius 3 is 2.35 bits per heavy atom. The van der Waals surface area contributed by atoms with Crippen molar-refractivity contribution in [2.75, 3.05) is 6.61 Å². The maximum atomic E-state index is 13.2. The number of carbonyl (C=O) groups excluding carboxylic acids is 2. The third-order valence-corrected chi connectivity index (χ3v) is 5.96. The third-order valence-electron chi connectivity index (χ3n) is 5.25. The lowest BCUT2D eigenvalue weighted by molar-refractivity contribution is -0.142. The Balaban J connectivity index is 2.26. The molecular weight excluding hydrogens is 435 g/mol. The molecular formula is C24H30Cl2N2O3. The molecule has 0 aliphatic heterocycles. The summed E-state index contributed by atoms with van der Waals surface area (Å²) in [5.74, 6) is 0.0714. The number of carbonyl (C=O) groups is 2. The number of nitrogens with one attached hydrogen (secondary N) is 1. The first kappa shape index (κ1) is 25.0. The van der Waals surface area contributed by atoms with E-state index in [0.29, 0.717) is 21.4 Å². The molecule has 0 heterocycles. The Labute approximate surface area is 194 Å². The van der Waals surface area contributed by atoms with E-state index in [1.807, 2.05) is 45.9 Å². The van der Waals surface area contributed by atoms with E-state index in [2.05, 4.69) is 5.32 Å². The lowest BCUT2D eigenvalue weighted by Gasteiger charge is -2.30. The fraction of sp³-hybridized carbons (Fsp3) is 0.417. The van der Waals surface area contributed by atoms with Gasteiger partial charge in [0.05, 0.1) is 0 Å². The summed E-state index contributed by atoms with van der Waals surface area (Å²) in [6.07, 6.45) is 0.790. The van der Waals surface area contributed by atoms with E-state index in [0.717, 1.165) is 17.5 Å². The quantitative estimate of drug-likeness (QED) is 0.545. The maximum absolute atomic E-state index is 13.2. The smallest absolute Gasteiger partial charge is 0.261 e. The van der Waals surface area contributed by atoms with Crippen LogP contribution in [0.1, 0.15) is 43.9 Å². The van der Waals surface area contributed by atoms with Gasteiger partial charge in [-0.25, -0.2) is 0 Å². The molecule has 0 saturated carbocycles. The highest BCUT2D eigenvalue weighted by Crippen LogP contribution is 2.27. The molecule has 2 aromatic rings. The highest BCUT2D eigenvalue weighted by molar-refractivity contribution is 6.36. The van der Waals surface area contributed by atoms with Crippen LogP contribution in [0.25, 0.3) is 0 Å². The fourth-order valence-electron chi connectivity index (χ4n) is 2.99. The van der Waals surface area contributed by atoms with Crippen LogP contribution in [0.3, 0.4) is 0 Å². The van der Waals surface area contributed by atoms with Crippen molar-refractivity contribution < 1.29 is 14.3 Å². The average molecular weight is 465 g/mol. The first-order valence-electron chi connectivity index (χ1n) is 10.4. The molecule has 168 valence electrons. The Kier molecular flexibility index (Phi) is 9.20. The van der Waals surface area contributed by atoms with Gasteiger partial charge in [-0.05, 0) is 63.4 Å². The summed E-state index contributed by atoms with van der Waals surface area (Å²) in [7, 11) is 0. The number of hydrogen-bond donors (Lipinski definition) is 1. The number of rotatable bonds is 9. The van der Waals surface area contributed by atoms with Gasteiger partial charge in [-0.15, -0.1) is 0 Å². The molecule has 2 amide bonds. The number of nitrogens with zero attached hydrogens (tertiary/aromatic N) is 1. The van der Waals surface area contributed by atoms with Crippen molar-refractivity contribution in [3.63, 3.8) is 0 Å². The summed E-state index contributed by atoms with van der Waals surface area (Å²) in [6, 6.07) is 10.2. The molecule has 2 aromatic carbocycles. The molecule has 2 atom stereocenters. The zero-order valence-electron chi connectivity index (χ0n) is 18.7. The molecule has 0 aliphatic carbocycles. The Morgan fingerprint density at radius 1 is 1.10 bits per heavy atom. The monoisotopic (exact) mass is 464 g/mol. The molecule has 7 heteroatoms. The summed E-state index contributed by atoms with van der Waals surface area (Å²) in [6.45, 7) is 9.38. The van der Waals surface area contributed by atoms with Gasteiger partial charge in [0, 0.05) is 28.2 Å². The first-order chi connectivity index (χ1) is 14.6. The van der Waals surface area contributed by atoms with Crippen LogP contribution >= 0.6 is 23.2 Å². The summed E-state index contributed by atoms with van der Waals surface area (Å²) in [4.78, 5) is 27.4. The van der Waals surface area contributed by atoms with Crippen LogP contribution in [0, 0.1) is 13.8 Å². The molecule has 0 bridgehead atoms. The molecule has 0 spiro atoms. The normalized spacial score (nSPS) is 12.7. The van der Waals surface area contributed by atoms with E-state index < -0.39 is 6.04 Å². The summed E-state index contributed by atoms with van der Waals surface area (Å²) >= 11 is 12.7. The predicted molar refractivity (Wildman–Crippen MR) is 126 cm³/mol. The second-order valence-corrected chi connectivity index (χ2v) is 8.59. The summed E-state index contributed by atoms with van der Waals surface area (Å²) in [5, 5.41) is 3.81. The predicted octanol–water partition coefficient (Wildman–Crippen LogP) is 5.32. The van der Waals surface area contributed by atoms with E-state index >= 15 is 0 Å². The van der Waals surface area contributed by atoms with Gasteiger partial charge in [0.25, 0.3) is 5.91 Å². The standard InChI is InChI=1S/C24H30Cl2N2O3/c1-6-17(4)27-24(30)18(5)28(13-19-20(25)8-7-9-21(19)26)23(29)14-31-22-12-15(2)10-11-16(22)3/h7-12,17-18H,6,13-14H2,1-5H3,(H,27,30). The number of hydrogen-bond acceptors (Lipinski definition) is 3. The maximum Gasteiger partial charge on any atom is 0.261 e. The van der Waals surface area contributed by atoms with Crippen LogP contribution in [-0.2, 0) is 16.1 Å². The van der Waals surface area contributed by atoms with Crippen LogP contribution in [0.2, 0.25) is 10.0 Å². The van der Waals surface area contributed by atoms with Gasteiger partial charge >= 0.3 is 0 Å². The number of ether oxygens (including phenoxy) is 1. The van der Waals surface area contributed by atoms with E-state index in [1.54, 1.807) is 25.1 Å². The van der Waals surface area contributed by atoms with Crippen molar-refractivity contribution in [3.05, 3.63) is 63.1 Å². The minimum Gasteiger partial charge on any atom is -0.483 e. The Bertz CT molecular complexity index is 913. The van der Waals surface area contributed by atoms with E-state index in [1.165, 1.54) is 4.90 Å². The van der Waals surface area contributed by atoms with Gasteiger partial charge in [-0.2, -0.15) is 0 Å². The largest absolute Gasteiger partial charge is 0.483 e. The van der Waals surface area contributed by atoms with Gasteiger partial charge in [-0.1, -0.05) is 48.3 Å². The van der Waals surface area contributed by atoms with Crippen molar-refractivity contribution in [1.29, 1.82) is 0 Å². The number of benzene rings is 2. The topological polar surface area (TPSA) is 58.6 Å². The molecule has 0 aromatic heterocycles. The summed E-state index contributed by atoms with van der Waals surface area (Å²) in [5.41, 5.74) is 2.56. The molecule has 2 unspecified atom stereocenters. The van der Waals surface area contributed by atoms with Gasteiger partial charge in [0.2, 0.25) is 5.91 Å². The van der Waals surface area contributed by atoms with Crippen molar-refractivity contribution in [2.24, 2.45) is 0 Å². The third kappa shape index (κ3) is 6.88. The number of amides is 2. The summed E-state index contributed by atoms with van der Waals surface area (Å²) < 4.78 is 5.80. The van der Waals surface area contributed by atoms with Crippen LogP contribution < -0.4 is 10.1 Å². The van der Waals surface area contributed by atoms with Crippen LogP contribution in [0.15, 0.2) is 36.4 Å². The van der Waals surface area contributed by atoms with Crippen molar-refractivity contribution in [3.8, 4) is 5.75 Å². The molecule has 0 saturated heterocycles. The minimum atomic E-state index is -0.726. The van der Waals surface area contributed by atoms with E-state index in [9.17, 15) is 9.59 Å². The van der Waals surface area contributed by atoms with Crippen molar-refractivity contribution in [1.82, 2.24) is 10.2 Å². The highest BCUT2D eigenvalue weighted by atomic mass is 35.5. The van der Waals surface area contributed by atoms with Crippen LogP contribution in [0.5, 0.6) is 5.75 Å². The average Bonchev–Trinajstić information content (AvgIpc) is 2.73. The first-order valence-corrected chi connectivity index (χ1v) is 11.1. The van der Waals surface area contributed by atoms with Gasteiger partial charge < -0.3 is 15.0 Å². The zero-order chi connectivity index (χ0) is 23.1. The Morgan fingerprint density at radius 2 is 1.74 bits per heavy atom. The second kappa shape index (κ2) is 11.4. The fourth-order valence-corrected chi connectivity index (χ4v) is 3.50. The van der Waals surface area contributed by atoms with E-state index in [4.69, 9.17) is 27.9 Å². The lowest BCUT2D eigenvalue weighted by Crippen LogP contribution is -2.50. The van der Waals surface area contributed by atoms with Gasteiger partial charge in [-0.3, -0.25) is 9.59 Å². The zero-order valence-corrected chi connectivity index (χ0v) is 20.2. The second-order valence-electron chi connectivity index (χ2n) is 7.77. The van der Waals surface area contributed by atoms with Crippen LogP contribution in [0.4, 0.5) is 0 Å². The number of aryl methyl sites for hydroxylation is 2. The van der Waals surface area contributed by atoms with Crippen LogP contribution in [-0.4, -0.2) is 35.4 Å². The molecule has 1 N–H and O–H groups in total. The van der Waals surface area contributed by atoms with E-state index in [-0.39, 0.29) is 31.0 Å². The molecule has 5 nitrogen and oxygen atoms in total. The molecule has 31 heavy (non-hydrogen) atoms. The highest BCUT2D eigenvalue weighted by Gasteiger charge is 2.28. The molecule has 0 radical (unpaired) electrons. The SMILES string of the molecule is CCC(C)NC(=O)C(C)N(Cc1c(Cl)cccc1Cl)C(=O)COc1cc(C)ccc1C.